The van der Waals surface area contributed by atoms with Crippen LogP contribution in [0.2, 0.25) is 0 Å². The minimum absolute atomic E-state index is 0.0702. The lowest BCUT2D eigenvalue weighted by molar-refractivity contribution is -0.127. The van der Waals surface area contributed by atoms with Gasteiger partial charge in [-0.3, -0.25) is 9.59 Å². The number of amides is 2. The molecule has 1 atom stereocenters. The number of nitrogens with zero attached hydrogens (tertiary/aromatic N) is 2. The van der Waals surface area contributed by atoms with Crippen LogP contribution in [0.3, 0.4) is 0 Å². The molecule has 1 aromatic rings. The molecular formula is C12H17N3O2. The van der Waals surface area contributed by atoms with E-state index in [4.69, 9.17) is 0 Å². The lowest BCUT2D eigenvalue weighted by Gasteiger charge is -2.32. The van der Waals surface area contributed by atoms with E-state index in [-0.39, 0.29) is 11.8 Å². The first-order chi connectivity index (χ1) is 8.15. The third-order valence-corrected chi connectivity index (χ3v) is 3.15. The number of rotatable bonds is 2. The lowest BCUT2D eigenvalue weighted by atomic mass is 10.2. The number of aromatic nitrogens is 1. The molecule has 1 aromatic heterocycles. The van der Waals surface area contributed by atoms with Crippen LogP contribution in [0.1, 0.15) is 24.3 Å². The maximum atomic E-state index is 12.3. The molecule has 17 heavy (non-hydrogen) atoms. The summed E-state index contributed by atoms with van der Waals surface area (Å²) < 4.78 is 1.89. The van der Waals surface area contributed by atoms with Gasteiger partial charge in [-0.15, -0.1) is 0 Å². The Bertz CT molecular complexity index is 439. The van der Waals surface area contributed by atoms with Gasteiger partial charge < -0.3 is 14.8 Å². The Kier molecular flexibility index (Phi) is 3.17. The minimum Gasteiger partial charge on any atom is -0.353 e. The first-order valence-electron chi connectivity index (χ1n) is 5.89. The van der Waals surface area contributed by atoms with Crippen LogP contribution >= 0.6 is 0 Å². The van der Waals surface area contributed by atoms with Gasteiger partial charge in [-0.1, -0.05) is 0 Å². The number of hydrogen-bond donors (Lipinski definition) is 1. The largest absolute Gasteiger partial charge is 0.353 e. The highest BCUT2D eigenvalue weighted by atomic mass is 16.2. The van der Waals surface area contributed by atoms with Crippen molar-refractivity contribution in [1.82, 2.24) is 14.8 Å². The molecule has 0 aliphatic carbocycles. The van der Waals surface area contributed by atoms with Crippen LogP contribution in [0.4, 0.5) is 0 Å². The van der Waals surface area contributed by atoms with Gasteiger partial charge in [0, 0.05) is 25.8 Å². The van der Waals surface area contributed by atoms with E-state index in [9.17, 15) is 9.59 Å². The molecule has 5 heteroatoms. The number of aryl methyl sites for hydroxylation is 1. The van der Waals surface area contributed by atoms with Crippen molar-refractivity contribution in [2.45, 2.75) is 26.4 Å². The predicted molar refractivity (Wildman–Crippen MR) is 63.6 cm³/mol. The zero-order valence-corrected chi connectivity index (χ0v) is 10.1. The Morgan fingerprint density at radius 2 is 2.35 bits per heavy atom. The van der Waals surface area contributed by atoms with E-state index in [0.29, 0.717) is 18.8 Å². The highest BCUT2D eigenvalue weighted by molar-refractivity contribution is 5.97. The molecule has 5 nitrogen and oxygen atoms in total. The molecule has 2 rings (SSSR count). The summed E-state index contributed by atoms with van der Waals surface area (Å²) in [5.74, 6) is -0.154. The standard InChI is InChI=1S/C12H17N3O2/c1-3-14-7-4-5-10(14)12(17)15-8-6-13-11(16)9(15)2/h4-5,7,9H,3,6,8H2,1-2H3,(H,13,16). The number of nitrogens with one attached hydrogen (secondary N) is 1. The fourth-order valence-electron chi connectivity index (χ4n) is 2.09. The molecule has 1 fully saturated rings. The second-order valence-electron chi connectivity index (χ2n) is 4.14. The summed E-state index contributed by atoms with van der Waals surface area (Å²) in [6.07, 6.45) is 1.88. The molecule has 1 aliphatic heterocycles. The molecule has 1 N–H and O–H groups in total. The lowest BCUT2D eigenvalue weighted by Crippen LogP contribution is -2.56. The van der Waals surface area contributed by atoms with Crippen molar-refractivity contribution in [1.29, 1.82) is 0 Å². The number of hydrogen-bond acceptors (Lipinski definition) is 2. The first-order valence-corrected chi connectivity index (χ1v) is 5.89. The van der Waals surface area contributed by atoms with E-state index in [2.05, 4.69) is 5.32 Å². The van der Waals surface area contributed by atoms with Gasteiger partial charge in [0.25, 0.3) is 5.91 Å². The zero-order valence-electron chi connectivity index (χ0n) is 10.1. The number of carbonyl (C=O) groups is 2. The maximum absolute atomic E-state index is 12.3. The SMILES string of the molecule is CCn1cccc1C(=O)N1CCNC(=O)C1C. The van der Waals surface area contributed by atoms with Gasteiger partial charge in [0.15, 0.2) is 0 Å². The molecule has 0 radical (unpaired) electrons. The third kappa shape index (κ3) is 2.05. The summed E-state index contributed by atoms with van der Waals surface area (Å²) in [5.41, 5.74) is 0.647. The molecule has 0 bridgehead atoms. The quantitative estimate of drug-likeness (QED) is 0.810. The van der Waals surface area contributed by atoms with Crippen LogP contribution in [0, 0.1) is 0 Å². The Morgan fingerprint density at radius 3 is 3.06 bits per heavy atom. The Balaban J connectivity index is 2.22. The highest BCUT2D eigenvalue weighted by Gasteiger charge is 2.30. The monoisotopic (exact) mass is 235 g/mol. The van der Waals surface area contributed by atoms with Crippen molar-refractivity contribution in [3.05, 3.63) is 24.0 Å². The Morgan fingerprint density at radius 1 is 1.59 bits per heavy atom. The van der Waals surface area contributed by atoms with Crippen molar-refractivity contribution < 1.29 is 9.59 Å². The topological polar surface area (TPSA) is 54.3 Å². The smallest absolute Gasteiger partial charge is 0.271 e. The Hall–Kier alpha value is -1.78. The van der Waals surface area contributed by atoms with Crippen LogP contribution in [0.25, 0.3) is 0 Å². The van der Waals surface area contributed by atoms with Gasteiger partial charge in [0.1, 0.15) is 11.7 Å². The summed E-state index contributed by atoms with van der Waals surface area (Å²) >= 11 is 0. The van der Waals surface area contributed by atoms with E-state index in [1.54, 1.807) is 17.9 Å². The highest BCUT2D eigenvalue weighted by Crippen LogP contribution is 2.12. The Labute approximate surface area is 100 Å². The van der Waals surface area contributed by atoms with Gasteiger partial charge in [-0.25, -0.2) is 0 Å². The van der Waals surface area contributed by atoms with Crippen molar-refractivity contribution >= 4 is 11.8 Å². The van der Waals surface area contributed by atoms with Gasteiger partial charge in [0.05, 0.1) is 0 Å². The van der Waals surface area contributed by atoms with E-state index < -0.39 is 6.04 Å². The molecule has 2 heterocycles. The van der Waals surface area contributed by atoms with Crippen molar-refractivity contribution in [2.75, 3.05) is 13.1 Å². The normalized spacial score (nSPS) is 20.2. The van der Waals surface area contributed by atoms with Gasteiger partial charge in [-0.2, -0.15) is 0 Å². The fourth-order valence-corrected chi connectivity index (χ4v) is 2.09. The van der Waals surface area contributed by atoms with E-state index in [1.165, 1.54) is 0 Å². The molecule has 92 valence electrons. The number of piperazine rings is 1. The van der Waals surface area contributed by atoms with Crippen LogP contribution in [0.5, 0.6) is 0 Å². The average molecular weight is 235 g/mol. The van der Waals surface area contributed by atoms with Crippen molar-refractivity contribution in [2.24, 2.45) is 0 Å². The average Bonchev–Trinajstić information content (AvgIpc) is 2.80. The minimum atomic E-state index is -0.392. The number of carbonyl (C=O) groups excluding carboxylic acids is 2. The van der Waals surface area contributed by atoms with E-state index in [1.807, 2.05) is 23.8 Å². The van der Waals surface area contributed by atoms with Crippen molar-refractivity contribution in [3.8, 4) is 0 Å². The van der Waals surface area contributed by atoms with E-state index in [0.717, 1.165) is 6.54 Å². The predicted octanol–water partition coefficient (Wildman–Crippen LogP) is 0.468. The fraction of sp³-hybridized carbons (Fsp3) is 0.500. The summed E-state index contributed by atoms with van der Waals surface area (Å²) in [4.78, 5) is 25.5. The van der Waals surface area contributed by atoms with Crippen LogP contribution in [-0.4, -0.2) is 40.4 Å². The van der Waals surface area contributed by atoms with E-state index >= 15 is 0 Å². The maximum Gasteiger partial charge on any atom is 0.271 e. The zero-order chi connectivity index (χ0) is 12.4. The molecule has 0 saturated carbocycles. The summed E-state index contributed by atoms with van der Waals surface area (Å²) in [6.45, 7) is 5.60. The molecule has 0 spiro atoms. The van der Waals surface area contributed by atoms with Crippen LogP contribution in [-0.2, 0) is 11.3 Å². The van der Waals surface area contributed by atoms with Gasteiger partial charge >= 0.3 is 0 Å². The molecule has 2 amide bonds. The first kappa shape index (κ1) is 11.7. The van der Waals surface area contributed by atoms with Crippen LogP contribution in [0.15, 0.2) is 18.3 Å². The molecule has 1 aliphatic rings. The van der Waals surface area contributed by atoms with Crippen LogP contribution < -0.4 is 5.32 Å². The van der Waals surface area contributed by atoms with Gasteiger partial charge in [0.2, 0.25) is 5.91 Å². The second kappa shape index (κ2) is 4.61. The molecule has 1 unspecified atom stereocenters. The molecule has 0 aromatic carbocycles. The summed E-state index contributed by atoms with van der Waals surface area (Å²) in [6, 6.07) is 3.26. The van der Waals surface area contributed by atoms with Crippen molar-refractivity contribution in [3.63, 3.8) is 0 Å². The second-order valence-corrected chi connectivity index (χ2v) is 4.14. The summed E-state index contributed by atoms with van der Waals surface area (Å²) in [5, 5.41) is 2.75. The summed E-state index contributed by atoms with van der Waals surface area (Å²) in [7, 11) is 0. The van der Waals surface area contributed by atoms with Gasteiger partial charge in [-0.05, 0) is 26.0 Å². The molecular weight excluding hydrogens is 218 g/mol. The molecule has 1 saturated heterocycles. The third-order valence-electron chi connectivity index (χ3n) is 3.15.